The molecule has 0 saturated heterocycles. The van der Waals surface area contributed by atoms with Crippen LogP contribution >= 0.6 is 0 Å². The zero-order valence-corrected chi connectivity index (χ0v) is 14.8. The Balaban J connectivity index is 1.52. The minimum atomic E-state index is 0.137. The maximum absolute atomic E-state index is 9.12. The van der Waals surface area contributed by atoms with Gasteiger partial charge in [-0.2, -0.15) is 5.10 Å². The van der Waals surface area contributed by atoms with Gasteiger partial charge in [0.1, 0.15) is 0 Å². The maximum Gasteiger partial charge on any atom is 0.0644 e. The van der Waals surface area contributed by atoms with Crippen LogP contribution in [0.25, 0.3) is 0 Å². The number of aliphatic hydroxyl groups is 1. The molecule has 0 radical (unpaired) electrons. The van der Waals surface area contributed by atoms with E-state index in [1.165, 1.54) is 42.5 Å². The van der Waals surface area contributed by atoms with Crippen LogP contribution in [0.3, 0.4) is 0 Å². The SMILES string of the molecule is Cc1nn(CCO)c(C)c1CNC1CCC(c2ccccc2)CC1. The lowest BCUT2D eigenvalue weighted by atomic mass is 9.82. The van der Waals surface area contributed by atoms with Crippen LogP contribution in [-0.4, -0.2) is 27.5 Å². The molecular formula is C20H29N3O. The first-order valence-electron chi connectivity index (χ1n) is 9.11. The highest BCUT2D eigenvalue weighted by Gasteiger charge is 2.22. The fourth-order valence-electron chi connectivity index (χ4n) is 3.90. The van der Waals surface area contributed by atoms with Crippen molar-refractivity contribution in [2.24, 2.45) is 0 Å². The summed E-state index contributed by atoms with van der Waals surface area (Å²) in [5.41, 5.74) is 5.03. The summed E-state index contributed by atoms with van der Waals surface area (Å²) in [4.78, 5) is 0. The van der Waals surface area contributed by atoms with Crippen LogP contribution in [0.5, 0.6) is 0 Å². The smallest absolute Gasteiger partial charge is 0.0644 e. The van der Waals surface area contributed by atoms with Crippen molar-refractivity contribution in [1.82, 2.24) is 15.1 Å². The van der Waals surface area contributed by atoms with E-state index in [1.807, 2.05) is 4.68 Å². The predicted octanol–water partition coefficient (Wildman–Crippen LogP) is 3.31. The van der Waals surface area contributed by atoms with Crippen molar-refractivity contribution in [2.45, 2.75) is 64.6 Å². The normalized spacial score (nSPS) is 21.1. The lowest BCUT2D eigenvalue weighted by molar-refractivity contribution is 0.267. The lowest BCUT2D eigenvalue weighted by Gasteiger charge is -2.29. The number of rotatable bonds is 6. The van der Waals surface area contributed by atoms with Crippen molar-refractivity contribution in [2.75, 3.05) is 6.61 Å². The highest BCUT2D eigenvalue weighted by molar-refractivity contribution is 5.24. The predicted molar refractivity (Wildman–Crippen MR) is 97.1 cm³/mol. The number of aliphatic hydroxyl groups excluding tert-OH is 1. The van der Waals surface area contributed by atoms with E-state index in [1.54, 1.807) is 0 Å². The third-order valence-electron chi connectivity index (χ3n) is 5.41. The zero-order chi connectivity index (χ0) is 16.9. The van der Waals surface area contributed by atoms with Gasteiger partial charge in [-0.15, -0.1) is 0 Å². The molecule has 1 aliphatic rings. The molecule has 1 fully saturated rings. The average molecular weight is 327 g/mol. The van der Waals surface area contributed by atoms with Crippen LogP contribution in [0.4, 0.5) is 0 Å². The van der Waals surface area contributed by atoms with E-state index in [0.29, 0.717) is 12.6 Å². The van der Waals surface area contributed by atoms with E-state index in [-0.39, 0.29) is 6.61 Å². The third-order valence-corrected chi connectivity index (χ3v) is 5.41. The fraction of sp³-hybridized carbons (Fsp3) is 0.550. The van der Waals surface area contributed by atoms with Gasteiger partial charge in [-0.05, 0) is 51.0 Å². The number of nitrogens with zero attached hydrogens (tertiary/aromatic N) is 2. The van der Waals surface area contributed by atoms with E-state index in [0.717, 1.165) is 18.2 Å². The molecule has 4 nitrogen and oxygen atoms in total. The molecule has 0 amide bonds. The van der Waals surface area contributed by atoms with Gasteiger partial charge in [0.25, 0.3) is 0 Å². The van der Waals surface area contributed by atoms with Crippen molar-refractivity contribution >= 4 is 0 Å². The Morgan fingerprint density at radius 2 is 1.83 bits per heavy atom. The largest absolute Gasteiger partial charge is 0.394 e. The van der Waals surface area contributed by atoms with Gasteiger partial charge in [0.05, 0.1) is 18.8 Å². The molecule has 0 spiro atoms. The Labute approximate surface area is 144 Å². The van der Waals surface area contributed by atoms with Crippen molar-refractivity contribution in [3.05, 3.63) is 52.8 Å². The molecule has 0 unspecified atom stereocenters. The van der Waals surface area contributed by atoms with E-state index < -0.39 is 0 Å². The van der Waals surface area contributed by atoms with Crippen LogP contribution in [0.15, 0.2) is 30.3 Å². The summed E-state index contributed by atoms with van der Waals surface area (Å²) in [6.07, 6.45) is 5.01. The first-order valence-corrected chi connectivity index (χ1v) is 9.11. The van der Waals surface area contributed by atoms with Crippen molar-refractivity contribution < 1.29 is 5.11 Å². The summed E-state index contributed by atoms with van der Waals surface area (Å²) in [5.74, 6) is 0.722. The number of benzene rings is 1. The lowest BCUT2D eigenvalue weighted by Crippen LogP contribution is -2.32. The molecule has 24 heavy (non-hydrogen) atoms. The van der Waals surface area contributed by atoms with Gasteiger partial charge in [0.2, 0.25) is 0 Å². The minimum Gasteiger partial charge on any atom is -0.394 e. The van der Waals surface area contributed by atoms with Crippen LogP contribution in [0.1, 0.15) is 54.1 Å². The molecule has 1 aliphatic carbocycles. The molecule has 130 valence electrons. The molecule has 0 atom stereocenters. The minimum absolute atomic E-state index is 0.137. The van der Waals surface area contributed by atoms with Crippen LogP contribution in [0, 0.1) is 13.8 Å². The molecule has 1 aromatic heterocycles. The molecule has 0 aliphatic heterocycles. The Morgan fingerprint density at radius 1 is 1.12 bits per heavy atom. The van der Waals surface area contributed by atoms with Gasteiger partial charge in [-0.3, -0.25) is 4.68 Å². The molecule has 1 aromatic carbocycles. The highest BCUT2D eigenvalue weighted by atomic mass is 16.3. The van der Waals surface area contributed by atoms with Gasteiger partial charge in [-0.25, -0.2) is 0 Å². The van der Waals surface area contributed by atoms with E-state index in [9.17, 15) is 0 Å². The highest BCUT2D eigenvalue weighted by Crippen LogP contribution is 2.32. The molecule has 1 heterocycles. The molecule has 2 N–H and O–H groups in total. The van der Waals surface area contributed by atoms with Gasteiger partial charge in [-0.1, -0.05) is 30.3 Å². The topological polar surface area (TPSA) is 50.1 Å². The first-order chi connectivity index (χ1) is 11.7. The first kappa shape index (κ1) is 17.2. The standard InChI is InChI=1S/C20H29N3O/c1-15-20(16(2)23(22-15)12-13-24)14-21-19-10-8-18(9-11-19)17-6-4-3-5-7-17/h3-7,18-19,21,24H,8-14H2,1-2H3. The molecule has 2 aromatic rings. The Hall–Kier alpha value is -1.65. The molecule has 0 bridgehead atoms. The number of hydrogen-bond donors (Lipinski definition) is 2. The molecule has 1 saturated carbocycles. The van der Waals surface area contributed by atoms with Gasteiger partial charge >= 0.3 is 0 Å². The summed E-state index contributed by atoms with van der Waals surface area (Å²) < 4.78 is 1.92. The molecule has 3 rings (SSSR count). The second-order valence-electron chi connectivity index (χ2n) is 6.94. The summed E-state index contributed by atoms with van der Waals surface area (Å²) in [6, 6.07) is 11.5. The monoisotopic (exact) mass is 327 g/mol. The van der Waals surface area contributed by atoms with E-state index in [2.05, 4.69) is 54.6 Å². The summed E-state index contributed by atoms with van der Waals surface area (Å²) in [5, 5.41) is 17.4. The van der Waals surface area contributed by atoms with Crippen LogP contribution in [0.2, 0.25) is 0 Å². The van der Waals surface area contributed by atoms with E-state index >= 15 is 0 Å². The number of aromatic nitrogens is 2. The number of aryl methyl sites for hydroxylation is 1. The maximum atomic E-state index is 9.12. The van der Waals surface area contributed by atoms with Gasteiger partial charge < -0.3 is 10.4 Å². The van der Waals surface area contributed by atoms with Gasteiger partial charge in [0, 0.05) is 23.8 Å². The van der Waals surface area contributed by atoms with Crippen molar-refractivity contribution in [3.63, 3.8) is 0 Å². The number of nitrogens with one attached hydrogen (secondary N) is 1. The molecular weight excluding hydrogens is 298 g/mol. The van der Waals surface area contributed by atoms with Gasteiger partial charge in [0.15, 0.2) is 0 Å². The Morgan fingerprint density at radius 3 is 2.50 bits per heavy atom. The second kappa shape index (κ2) is 7.95. The van der Waals surface area contributed by atoms with Crippen molar-refractivity contribution in [1.29, 1.82) is 0 Å². The van der Waals surface area contributed by atoms with Crippen molar-refractivity contribution in [3.8, 4) is 0 Å². The summed E-state index contributed by atoms with van der Waals surface area (Å²) in [6.45, 7) is 5.75. The average Bonchev–Trinajstić information content (AvgIpc) is 2.88. The van der Waals surface area contributed by atoms with Crippen LogP contribution < -0.4 is 5.32 Å². The third kappa shape index (κ3) is 3.87. The summed E-state index contributed by atoms with van der Waals surface area (Å²) in [7, 11) is 0. The Bertz CT molecular complexity index is 642. The van der Waals surface area contributed by atoms with E-state index in [4.69, 9.17) is 5.11 Å². The Kier molecular flexibility index (Phi) is 5.69. The fourth-order valence-corrected chi connectivity index (χ4v) is 3.90. The molecule has 4 heteroatoms. The quantitative estimate of drug-likeness (QED) is 0.856. The zero-order valence-electron chi connectivity index (χ0n) is 14.8. The van der Waals surface area contributed by atoms with Crippen LogP contribution in [-0.2, 0) is 13.1 Å². The number of hydrogen-bond acceptors (Lipinski definition) is 3. The second-order valence-corrected chi connectivity index (χ2v) is 6.94. The summed E-state index contributed by atoms with van der Waals surface area (Å²) >= 11 is 0.